The van der Waals surface area contributed by atoms with Crippen LogP contribution in [0.2, 0.25) is 0 Å². The molecule has 152 valence electrons. The van der Waals surface area contributed by atoms with E-state index in [1.165, 1.54) is 6.39 Å². The number of anilines is 2. The summed E-state index contributed by atoms with van der Waals surface area (Å²) in [6.07, 6.45) is 10.4. The van der Waals surface area contributed by atoms with Crippen LogP contribution in [0.5, 0.6) is 0 Å². The van der Waals surface area contributed by atoms with Gasteiger partial charge in [-0.3, -0.25) is 9.67 Å². The van der Waals surface area contributed by atoms with Gasteiger partial charge in [0.15, 0.2) is 12.2 Å². The Balaban J connectivity index is 1.44. The highest BCUT2D eigenvalue weighted by Crippen LogP contribution is 2.30. The van der Waals surface area contributed by atoms with E-state index in [2.05, 4.69) is 27.2 Å². The fraction of sp³-hybridized carbons (Fsp3) is 0.0870. The fourth-order valence-corrected chi connectivity index (χ4v) is 3.26. The zero-order valence-electron chi connectivity index (χ0n) is 16.8. The molecule has 4 aromatic heterocycles. The third-order valence-electron chi connectivity index (χ3n) is 4.81. The van der Waals surface area contributed by atoms with E-state index in [9.17, 15) is 0 Å². The minimum absolute atomic E-state index is 0.506. The van der Waals surface area contributed by atoms with Crippen molar-refractivity contribution in [3.05, 3.63) is 79.8 Å². The molecular weight excluding hydrogens is 390 g/mol. The van der Waals surface area contributed by atoms with Crippen molar-refractivity contribution in [3.8, 4) is 33.8 Å². The standard InChI is InChI=1S/C23H19N7O/c1-2-30-14-19(22(29-30)17-4-3-10-24-12-17)20-9-11-26-23(28-20)27-18-7-5-16(6-8-18)21-13-25-15-31-21/h3-15H,2H2,1H3,(H,26,27,28). The molecule has 0 amide bonds. The maximum Gasteiger partial charge on any atom is 0.227 e. The maximum absolute atomic E-state index is 5.33. The van der Waals surface area contributed by atoms with Gasteiger partial charge in [-0.1, -0.05) is 0 Å². The number of hydrogen-bond donors (Lipinski definition) is 1. The van der Waals surface area contributed by atoms with Gasteiger partial charge in [-0.05, 0) is 49.4 Å². The molecule has 0 saturated heterocycles. The summed E-state index contributed by atoms with van der Waals surface area (Å²) in [4.78, 5) is 17.3. The van der Waals surface area contributed by atoms with Crippen LogP contribution in [0.25, 0.3) is 33.8 Å². The molecule has 0 radical (unpaired) electrons. The van der Waals surface area contributed by atoms with Crippen LogP contribution in [0.3, 0.4) is 0 Å². The van der Waals surface area contributed by atoms with Crippen LogP contribution in [-0.4, -0.2) is 29.7 Å². The fourth-order valence-electron chi connectivity index (χ4n) is 3.26. The molecule has 0 fully saturated rings. The summed E-state index contributed by atoms with van der Waals surface area (Å²) in [6.45, 7) is 2.82. The molecule has 5 rings (SSSR count). The molecule has 0 aliphatic carbocycles. The molecule has 0 bridgehead atoms. The lowest BCUT2D eigenvalue weighted by Gasteiger charge is -2.07. The first-order chi connectivity index (χ1) is 15.3. The smallest absolute Gasteiger partial charge is 0.227 e. The van der Waals surface area contributed by atoms with Crippen LogP contribution in [-0.2, 0) is 6.54 Å². The second-order valence-electron chi connectivity index (χ2n) is 6.82. The van der Waals surface area contributed by atoms with Crippen molar-refractivity contribution < 1.29 is 4.42 Å². The minimum Gasteiger partial charge on any atom is -0.444 e. The SMILES string of the molecule is CCn1cc(-c2ccnc(Nc3ccc(-c4cnco4)cc3)n2)c(-c2cccnc2)n1. The van der Waals surface area contributed by atoms with E-state index < -0.39 is 0 Å². The molecule has 0 atom stereocenters. The van der Waals surface area contributed by atoms with Gasteiger partial charge in [0.25, 0.3) is 0 Å². The molecule has 0 saturated carbocycles. The van der Waals surface area contributed by atoms with Crippen LogP contribution in [0, 0.1) is 0 Å². The monoisotopic (exact) mass is 409 g/mol. The summed E-state index contributed by atoms with van der Waals surface area (Å²) < 4.78 is 7.23. The molecule has 31 heavy (non-hydrogen) atoms. The van der Waals surface area contributed by atoms with Crippen molar-refractivity contribution in [2.24, 2.45) is 0 Å². The predicted molar refractivity (Wildman–Crippen MR) is 117 cm³/mol. The Bertz CT molecular complexity index is 1280. The largest absolute Gasteiger partial charge is 0.444 e. The van der Waals surface area contributed by atoms with Gasteiger partial charge in [0.2, 0.25) is 5.95 Å². The van der Waals surface area contributed by atoms with E-state index in [4.69, 9.17) is 14.5 Å². The summed E-state index contributed by atoms with van der Waals surface area (Å²) in [6, 6.07) is 13.6. The summed E-state index contributed by atoms with van der Waals surface area (Å²) in [5.41, 5.74) is 5.33. The maximum atomic E-state index is 5.33. The average molecular weight is 409 g/mol. The Kier molecular flexibility index (Phi) is 4.94. The van der Waals surface area contributed by atoms with E-state index in [1.54, 1.807) is 18.6 Å². The molecule has 0 aliphatic rings. The number of aryl methyl sites for hydroxylation is 1. The number of nitrogens with one attached hydrogen (secondary N) is 1. The summed E-state index contributed by atoms with van der Waals surface area (Å²) in [7, 11) is 0. The first kappa shape index (κ1) is 18.7. The van der Waals surface area contributed by atoms with Gasteiger partial charge in [-0.25, -0.2) is 15.0 Å². The van der Waals surface area contributed by atoms with Gasteiger partial charge in [0.1, 0.15) is 5.69 Å². The molecule has 8 heteroatoms. The normalized spacial score (nSPS) is 10.9. The highest BCUT2D eigenvalue weighted by Gasteiger charge is 2.15. The first-order valence-electron chi connectivity index (χ1n) is 9.87. The zero-order chi connectivity index (χ0) is 21.0. The molecule has 1 aromatic carbocycles. The van der Waals surface area contributed by atoms with Crippen LogP contribution in [0.1, 0.15) is 6.92 Å². The van der Waals surface area contributed by atoms with Crippen molar-refractivity contribution in [2.45, 2.75) is 13.5 Å². The van der Waals surface area contributed by atoms with Crippen molar-refractivity contribution in [3.63, 3.8) is 0 Å². The van der Waals surface area contributed by atoms with E-state index in [0.717, 1.165) is 46.1 Å². The number of pyridine rings is 1. The number of hydrogen-bond acceptors (Lipinski definition) is 7. The highest BCUT2D eigenvalue weighted by atomic mass is 16.3. The number of benzene rings is 1. The molecule has 0 unspecified atom stereocenters. The van der Waals surface area contributed by atoms with E-state index in [-0.39, 0.29) is 0 Å². The Morgan fingerprint density at radius 2 is 1.87 bits per heavy atom. The average Bonchev–Trinajstić information content (AvgIpc) is 3.51. The van der Waals surface area contributed by atoms with Crippen LogP contribution in [0.4, 0.5) is 11.6 Å². The van der Waals surface area contributed by atoms with Gasteiger partial charge < -0.3 is 9.73 Å². The first-order valence-corrected chi connectivity index (χ1v) is 9.87. The summed E-state index contributed by atoms with van der Waals surface area (Å²) >= 11 is 0. The Labute approximate surface area is 178 Å². The molecule has 5 aromatic rings. The van der Waals surface area contributed by atoms with Crippen LogP contribution in [0.15, 0.2) is 84.3 Å². The number of oxazole rings is 1. The van der Waals surface area contributed by atoms with Crippen molar-refractivity contribution in [2.75, 3.05) is 5.32 Å². The number of rotatable bonds is 6. The van der Waals surface area contributed by atoms with Gasteiger partial charge in [-0.15, -0.1) is 0 Å². The topological polar surface area (TPSA) is 94.6 Å². The van der Waals surface area contributed by atoms with Crippen molar-refractivity contribution in [1.82, 2.24) is 29.7 Å². The predicted octanol–water partition coefficient (Wildman–Crippen LogP) is 4.82. The molecule has 0 aliphatic heterocycles. The molecule has 4 heterocycles. The summed E-state index contributed by atoms with van der Waals surface area (Å²) in [5.74, 6) is 1.23. The van der Waals surface area contributed by atoms with E-state index in [0.29, 0.717) is 5.95 Å². The Morgan fingerprint density at radius 1 is 0.968 bits per heavy atom. The van der Waals surface area contributed by atoms with E-state index >= 15 is 0 Å². The lowest BCUT2D eigenvalue weighted by molar-refractivity contribution is 0.572. The van der Waals surface area contributed by atoms with Crippen molar-refractivity contribution >= 4 is 11.6 Å². The number of aromatic nitrogens is 6. The van der Waals surface area contributed by atoms with Gasteiger partial charge >= 0.3 is 0 Å². The summed E-state index contributed by atoms with van der Waals surface area (Å²) in [5, 5.41) is 7.96. The van der Waals surface area contributed by atoms with Gasteiger partial charge in [0.05, 0.1) is 11.9 Å². The molecule has 0 spiro atoms. The van der Waals surface area contributed by atoms with Crippen LogP contribution >= 0.6 is 0 Å². The Morgan fingerprint density at radius 3 is 2.61 bits per heavy atom. The van der Waals surface area contributed by atoms with Gasteiger partial charge in [-0.2, -0.15) is 5.10 Å². The minimum atomic E-state index is 0.506. The lowest BCUT2D eigenvalue weighted by atomic mass is 10.1. The molecule has 1 N–H and O–H groups in total. The zero-order valence-corrected chi connectivity index (χ0v) is 16.8. The van der Waals surface area contributed by atoms with E-state index in [1.807, 2.05) is 59.5 Å². The van der Waals surface area contributed by atoms with Crippen LogP contribution < -0.4 is 5.32 Å². The second-order valence-corrected chi connectivity index (χ2v) is 6.82. The third-order valence-corrected chi connectivity index (χ3v) is 4.81. The quantitative estimate of drug-likeness (QED) is 0.429. The lowest BCUT2D eigenvalue weighted by Crippen LogP contribution is -1.98. The highest BCUT2D eigenvalue weighted by molar-refractivity contribution is 5.78. The number of nitrogens with zero attached hydrogens (tertiary/aromatic N) is 6. The van der Waals surface area contributed by atoms with Crippen molar-refractivity contribution in [1.29, 1.82) is 0 Å². The second kappa shape index (κ2) is 8.19. The molecule has 8 nitrogen and oxygen atoms in total. The molecular formula is C23H19N7O. The van der Waals surface area contributed by atoms with Gasteiger partial charge in [0, 0.05) is 53.7 Å². The Hall–Kier alpha value is -4.33. The third kappa shape index (κ3) is 3.91.